The van der Waals surface area contributed by atoms with Crippen molar-refractivity contribution >= 4 is 11.9 Å². The number of aliphatic carboxylic acids is 1. The molecule has 0 aliphatic carbocycles. The number of carboxylic acid groups (broad SMARTS) is 1. The molecule has 1 aromatic carbocycles. The number of carbonyl (C=O) groups is 2. The Bertz CT molecular complexity index is 510. The van der Waals surface area contributed by atoms with Crippen LogP contribution in [0.1, 0.15) is 18.5 Å². The van der Waals surface area contributed by atoms with Crippen LogP contribution in [-0.2, 0) is 9.59 Å². The van der Waals surface area contributed by atoms with Crippen LogP contribution in [0.2, 0.25) is 0 Å². The summed E-state index contributed by atoms with van der Waals surface area (Å²) in [6.07, 6.45) is 0.627. The zero-order chi connectivity index (χ0) is 14.6. The number of carboxylic acids is 1. The minimum absolute atomic E-state index is 0.381. The lowest BCUT2D eigenvalue weighted by atomic mass is 10.1. The van der Waals surface area contributed by atoms with E-state index in [0.717, 1.165) is 0 Å². The van der Waals surface area contributed by atoms with Gasteiger partial charge in [0.25, 0.3) is 5.91 Å². The van der Waals surface area contributed by atoms with E-state index in [-0.39, 0.29) is 11.9 Å². The van der Waals surface area contributed by atoms with Gasteiger partial charge in [0.2, 0.25) is 5.76 Å². The number of amides is 1. The topological polar surface area (TPSA) is 77.8 Å². The maximum absolute atomic E-state index is 12.8. The average Bonchev–Trinajstić information content (AvgIpc) is 2.37. The van der Waals surface area contributed by atoms with Crippen molar-refractivity contribution in [3.05, 3.63) is 47.5 Å². The number of rotatable bonds is 4. The van der Waals surface area contributed by atoms with Crippen LogP contribution in [-0.4, -0.2) is 34.0 Å². The summed E-state index contributed by atoms with van der Waals surface area (Å²) in [5, 5.41) is 17.5. The maximum atomic E-state index is 12.8. The highest BCUT2D eigenvalue weighted by molar-refractivity contribution is 5.96. The third-order valence-corrected chi connectivity index (χ3v) is 2.76. The molecule has 19 heavy (non-hydrogen) atoms. The van der Waals surface area contributed by atoms with Gasteiger partial charge in [0.05, 0.1) is 12.1 Å². The fourth-order valence-electron chi connectivity index (χ4n) is 1.44. The molecule has 1 rings (SSSR count). The van der Waals surface area contributed by atoms with Crippen LogP contribution < -0.4 is 0 Å². The van der Waals surface area contributed by atoms with Crippen molar-refractivity contribution in [2.24, 2.45) is 0 Å². The first kappa shape index (κ1) is 14.7. The van der Waals surface area contributed by atoms with Crippen LogP contribution in [0.25, 0.3) is 0 Å². The summed E-state index contributed by atoms with van der Waals surface area (Å²) in [4.78, 5) is 23.3. The van der Waals surface area contributed by atoms with Crippen LogP contribution in [0.15, 0.2) is 36.1 Å². The fraction of sp³-hybridized carbons (Fsp3) is 0.231. The monoisotopic (exact) mass is 267 g/mol. The second-order valence-corrected chi connectivity index (χ2v) is 4.01. The molecular weight excluding hydrogens is 253 g/mol. The molecule has 5 nitrogen and oxygen atoms in total. The molecule has 6 heteroatoms. The van der Waals surface area contributed by atoms with Gasteiger partial charge in [-0.2, -0.15) is 0 Å². The largest absolute Gasteiger partial charge is 0.502 e. The predicted octanol–water partition coefficient (Wildman–Crippen LogP) is 1.87. The summed E-state index contributed by atoms with van der Waals surface area (Å²) in [5.74, 6) is -3.63. The molecule has 0 aromatic heterocycles. The Morgan fingerprint density at radius 3 is 2.26 bits per heavy atom. The Morgan fingerprint density at radius 1 is 1.26 bits per heavy atom. The second kappa shape index (κ2) is 5.99. The van der Waals surface area contributed by atoms with Gasteiger partial charge >= 0.3 is 5.97 Å². The van der Waals surface area contributed by atoms with Crippen molar-refractivity contribution in [2.45, 2.75) is 13.0 Å². The Kier molecular flexibility index (Phi) is 4.63. The predicted molar refractivity (Wildman–Crippen MR) is 65.9 cm³/mol. The molecule has 0 saturated heterocycles. The molecule has 0 fully saturated rings. The highest BCUT2D eigenvalue weighted by Crippen LogP contribution is 2.19. The van der Waals surface area contributed by atoms with E-state index in [0.29, 0.717) is 11.6 Å². The maximum Gasteiger partial charge on any atom is 0.371 e. The van der Waals surface area contributed by atoms with E-state index in [9.17, 15) is 14.0 Å². The van der Waals surface area contributed by atoms with Crippen LogP contribution >= 0.6 is 0 Å². The number of benzene rings is 1. The van der Waals surface area contributed by atoms with Crippen molar-refractivity contribution < 1.29 is 24.2 Å². The van der Waals surface area contributed by atoms with E-state index in [1.54, 1.807) is 6.92 Å². The van der Waals surface area contributed by atoms with Crippen LogP contribution in [0.5, 0.6) is 0 Å². The number of aliphatic hydroxyl groups is 1. The van der Waals surface area contributed by atoms with Gasteiger partial charge in [-0.1, -0.05) is 12.1 Å². The molecule has 0 bridgehead atoms. The zero-order valence-electron chi connectivity index (χ0n) is 10.5. The lowest BCUT2D eigenvalue weighted by Gasteiger charge is -2.24. The van der Waals surface area contributed by atoms with Gasteiger partial charge in [0.15, 0.2) is 0 Å². The fourth-order valence-corrected chi connectivity index (χ4v) is 1.44. The van der Waals surface area contributed by atoms with Crippen LogP contribution in [0.4, 0.5) is 4.39 Å². The Balaban J connectivity index is 2.85. The average molecular weight is 267 g/mol. The quantitative estimate of drug-likeness (QED) is 0.645. The Hall–Kier alpha value is -2.37. The lowest BCUT2D eigenvalue weighted by Crippen LogP contribution is -2.28. The normalized spacial score (nSPS) is 12.9. The number of aliphatic hydroxyl groups excluding tert-OH is 1. The van der Waals surface area contributed by atoms with Gasteiger partial charge in [-0.05, 0) is 24.6 Å². The first-order valence-electron chi connectivity index (χ1n) is 5.49. The third kappa shape index (κ3) is 3.80. The van der Waals surface area contributed by atoms with E-state index in [1.165, 1.54) is 36.2 Å². The third-order valence-electron chi connectivity index (χ3n) is 2.76. The SMILES string of the molecule is CC(c1ccc(F)cc1)N(C)C(=O)/C=C(\O)C(=O)O. The van der Waals surface area contributed by atoms with Gasteiger partial charge in [-0.15, -0.1) is 0 Å². The van der Waals surface area contributed by atoms with Gasteiger partial charge < -0.3 is 15.1 Å². The molecule has 0 aliphatic heterocycles. The molecular formula is C13H14FNO4. The van der Waals surface area contributed by atoms with E-state index in [1.807, 2.05) is 0 Å². The standard InChI is InChI=1S/C13H14FNO4/c1-8(9-3-5-10(14)6-4-9)15(2)12(17)7-11(16)13(18)19/h3-8,16H,1-2H3,(H,18,19)/b11-7-. The summed E-state index contributed by atoms with van der Waals surface area (Å²) in [6, 6.07) is 5.23. The van der Waals surface area contributed by atoms with Gasteiger partial charge in [-0.3, -0.25) is 4.79 Å². The van der Waals surface area contributed by atoms with Crippen molar-refractivity contribution in [1.82, 2.24) is 4.90 Å². The molecule has 102 valence electrons. The molecule has 1 unspecified atom stereocenters. The summed E-state index contributed by atoms with van der Waals surface area (Å²) in [7, 11) is 1.46. The van der Waals surface area contributed by atoms with Gasteiger partial charge in [0.1, 0.15) is 5.82 Å². The van der Waals surface area contributed by atoms with E-state index >= 15 is 0 Å². The number of hydrogen-bond acceptors (Lipinski definition) is 3. The van der Waals surface area contributed by atoms with Crippen molar-refractivity contribution in [3.63, 3.8) is 0 Å². The highest BCUT2D eigenvalue weighted by atomic mass is 19.1. The number of halogens is 1. The molecule has 0 radical (unpaired) electrons. The van der Waals surface area contributed by atoms with Crippen LogP contribution in [0.3, 0.4) is 0 Å². The number of likely N-dealkylation sites (N-methyl/N-ethyl adjacent to an activating group) is 1. The second-order valence-electron chi connectivity index (χ2n) is 4.01. The molecule has 1 amide bonds. The molecule has 0 heterocycles. The number of carbonyl (C=O) groups excluding carboxylic acids is 1. The molecule has 1 atom stereocenters. The number of nitrogens with zero attached hydrogens (tertiary/aromatic N) is 1. The lowest BCUT2D eigenvalue weighted by molar-refractivity contribution is -0.136. The van der Waals surface area contributed by atoms with E-state index in [2.05, 4.69) is 0 Å². The molecule has 1 aromatic rings. The van der Waals surface area contributed by atoms with Crippen molar-refractivity contribution in [1.29, 1.82) is 0 Å². The first-order chi connectivity index (χ1) is 8.82. The van der Waals surface area contributed by atoms with Crippen molar-refractivity contribution in [3.8, 4) is 0 Å². The van der Waals surface area contributed by atoms with Gasteiger partial charge in [-0.25, -0.2) is 9.18 Å². The highest BCUT2D eigenvalue weighted by Gasteiger charge is 2.17. The molecule has 0 saturated carbocycles. The minimum atomic E-state index is -1.57. The van der Waals surface area contributed by atoms with Gasteiger partial charge in [0, 0.05) is 7.05 Å². The Morgan fingerprint density at radius 2 is 1.79 bits per heavy atom. The van der Waals surface area contributed by atoms with Crippen LogP contribution in [0, 0.1) is 5.82 Å². The van der Waals surface area contributed by atoms with E-state index < -0.39 is 17.6 Å². The molecule has 0 aliphatic rings. The number of hydrogen-bond donors (Lipinski definition) is 2. The summed E-state index contributed by atoms with van der Waals surface area (Å²) in [6.45, 7) is 1.71. The minimum Gasteiger partial charge on any atom is -0.502 e. The summed E-state index contributed by atoms with van der Waals surface area (Å²) in [5.41, 5.74) is 0.695. The molecule has 0 spiro atoms. The first-order valence-corrected chi connectivity index (χ1v) is 5.49. The Labute approximate surface area is 109 Å². The zero-order valence-corrected chi connectivity index (χ0v) is 10.5. The summed E-state index contributed by atoms with van der Waals surface area (Å²) < 4.78 is 12.8. The summed E-state index contributed by atoms with van der Waals surface area (Å²) >= 11 is 0. The van der Waals surface area contributed by atoms with Crippen molar-refractivity contribution in [2.75, 3.05) is 7.05 Å². The molecule has 2 N–H and O–H groups in total. The van der Waals surface area contributed by atoms with E-state index in [4.69, 9.17) is 10.2 Å². The smallest absolute Gasteiger partial charge is 0.371 e.